The molecule has 0 amide bonds. The summed E-state index contributed by atoms with van der Waals surface area (Å²) in [6.45, 7) is 3.03. The topological polar surface area (TPSA) is 36.9 Å². The summed E-state index contributed by atoms with van der Waals surface area (Å²) in [4.78, 5) is 6.43. The highest BCUT2D eigenvalue weighted by Crippen LogP contribution is 2.44. The van der Waals surface area contributed by atoms with Gasteiger partial charge in [0.05, 0.1) is 12.2 Å². The first-order valence-electron chi connectivity index (χ1n) is 9.51. The Labute approximate surface area is 158 Å². The molecule has 2 aliphatic rings. The molecule has 0 aromatic heterocycles. The minimum absolute atomic E-state index is 0.255. The van der Waals surface area contributed by atoms with E-state index in [1.54, 1.807) is 7.05 Å². The van der Waals surface area contributed by atoms with E-state index in [1.807, 2.05) is 13.1 Å². The molecular formula is C20H28F3N3O. The largest absolute Gasteiger partial charge is 0.416 e. The SMILES string of the molecule is CN=C(NCC1(c2cccc(C(F)(F)F)c2)CCC1)N(C)CC1CCOC1. The average Bonchev–Trinajstić information content (AvgIpc) is 3.09. The molecule has 0 bridgehead atoms. The summed E-state index contributed by atoms with van der Waals surface area (Å²) in [5.41, 5.74) is -0.0681. The maximum Gasteiger partial charge on any atom is 0.416 e. The first-order valence-corrected chi connectivity index (χ1v) is 9.51. The third kappa shape index (κ3) is 4.57. The van der Waals surface area contributed by atoms with Crippen molar-refractivity contribution in [1.82, 2.24) is 10.2 Å². The van der Waals surface area contributed by atoms with E-state index in [1.165, 1.54) is 12.1 Å². The molecule has 1 heterocycles. The number of aliphatic imine (C=N–C) groups is 1. The van der Waals surface area contributed by atoms with Gasteiger partial charge in [-0.3, -0.25) is 4.99 Å². The molecule has 1 aliphatic carbocycles. The maximum absolute atomic E-state index is 13.1. The summed E-state index contributed by atoms with van der Waals surface area (Å²) in [7, 11) is 3.73. The molecule has 1 aliphatic heterocycles. The van der Waals surface area contributed by atoms with Crippen molar-refractivity contribution in [1.29, 1.82) is 0 Å². The number of benzene rings is 1. The highest BCUT2D eigenvalue weighted by molar-refractivity contribution is 5.79. The van der Waals surface area contributed by atoms with Gasteiger partial charge in [0.1, 0.15) is 0 Å². The Balaban J connectivity index is 1.67. The number of rotatable bonds is 5. The standard InChI is InChI=1S/C20H28F3N3O/c1-24-18(26(2)12-15-7-10-27-13-15)25-14-19(8-4-9-19)16-5-3-6-17(11-16)20(21,22)23/h3,5-6,11,15H,4,7-10,12-14H2,1-2H3,(H,24,25). The molecule has 1 unspecified atom stereocenters. The van der Waals surface area contributed by atoms with Crippen LogP contribution in [0, 0.1) is 5.92 Å². The van der Waals surface area contributed by atoms with Gasteiger partial charge in [0.2, 0.25) is 0 Å². The minimum atomic E-state index is -4.31. The fraction of sp³-hybridized carbons (Fsp3) is 0.650. The zero-order valence-corrected chi connectivity index (χ0v) is 16.0. The lowest BCUT2D eigenvalue weighted by Gasteiger charge is -2.43. The van der Waals surface area contributed by atoms with Crippen LogP contribution in [0.25, 0.3) is 0 Å². The van der Waals surface area contributed by atoms with Crippen molar-refractivity contribution in [2.24, 2.45) is 10.9 Å². The monoisotopic (exact) mass is 383 g/mol. The molecule has 150 valence electrons. The summed E-state index contributed by atoms with van der Waals surface area (Å²) >= 11 is 0. The molecule has 1 atom stereocenters. The van der Waals surface area contributed by atoms with Crippen LogP contribution in [0.2, 0.25) is 0 Å². The van der Waals surface area contributed by atoms with Crippen molar-refractivity contribution in [2.75, 3.05) is 40.4 Å². The summed E-state index contributed by atoms with van der Waals surface area (Å²) < 4.78 is 44.7. The lowest BCUT2D eigenvalue weighted by Crippen LogP contribution is -2.50. The number of hydrogen-bond donors (Lipinski definition) is 1. The van der Waals surface area contributed by atoms with E-state index in [2.05, 4.69) is 15.2 Å². The van der Waals surface area contributed by atoms with Gasteiger partial charge in [-0.25, -0.2) is 0 Å². The Hall–Kier alpha value is -1.76. The molecule has 1 saturated heterocycles. The number of nitrogens with zero attached hydrogens (tertiary/aromatic N) is 2. The van der Waals surface area contributed by atoms with Gasteiger partial charge in [-0.2, -0.15) is 13.2 Å². The van der Waals surface area contributed by atoms with Crippen LogP contribution >= 0.6 is 0 Å². The first kappa shape index (κ1) is 20.0. The highest BCUT2D eigenvalue weighted by atomic mass is 19.4. The number of alkyl halides is 3. The van der Waals surface area contributed by atoms with Crippen LogP contribution in [0.5, 0.6) is 0 Å². The van der Waals surface area contributed by atoms with Crippen molar-refractivity contribution in [3.05, 3.63) is 35.4 Å². The Morgan fingerprint density at radius 2 is 2.15 bits per heavy atom. The number of ether oxygens (including phenoxy) is 1. The first-order chi connectivity index (χ1) is 12.8. The molecule has 0 radical (unpaired) electrons. The van der Waals surface area contributed by atoms with Crippen molar-refractivity contribution in [3.8, 4) is 0 Å². The third-order valence-corrected chi connectivity index (χ3v) is 5.83. The molecule has 1 aromatic carbocycles. The van der Waals surface area contributed by atoms with Gasteiger partial charge >= 0.3 is 6.18 Å². The van der Waals surface area contributed by atoms with Crippen molar-refractivity contribution >= 4 is 5.96 Å². The van der Waals surface area contributed by atoms with Crippen LogP contribution in [0.15, 0.2) is 29.3 Å². The number of guanidine groups is 1. The molecule has 2 fully saturated rings. The molecule has 1 aromatic rings. The molecule has 0 spiro atoms. The van der Waals surface area contributed by atoms with E-state index < -0.39 is 11.7 Å². The molecule has 4 nitrogen and oxygen atoms in total. The van der Waals surface area contributed by atoms with Gasteiger partial charge in [0, 0.05) is 45.1 Å². The Morgan fingerprint density at radius 1 is 1.37 bits per heavy atom. The van der Waals surface area contributed by atoms with Gasteiger partial charge in [-0.05, 0) is 30.9 Å². The van der Waals surface area contributed by atoms with Crippen LogP contribution in [0.4, 0.5) is 13.2 Å². The van der Waals surface area contributed by atoms with Gasteiger partial charge < -0.3 is 15.0 Å². The smallest absolute Gasteiger partial charge is 0.381 e. The molecule has 1 saturated carbocycles. The van der Waals surface area contributed by atoms with Gasteiger partial charge in [0.15, 0.2) is 5.96 Å². The summed E-state index contributed by atoms with van der Waals surface area (Å²) in [6, 6.07) is 5.78. The number of nitrogens with one attached hydrogen (secondary N) is 1. The van der Waals surface area contributed by atoms with Gasteiger partial charge in [-0.1, -0.05) is 24.6 Å². The quantitative estimate of drug-likeness (QED) is 0.623. The fourth-order valence-electron chi connectivity index (χ4n) is 4.03. The molecule has 3 rings (SSSR count). The molecule has 1 N–H and O–H groups in total. The van der Waals surface area contributed by atoms with Gasteiger partial charge in [0.25, 0.3) is 0 Å². The Morgan fingerprint density at radius 3 is 2.70 bits per heavy atom. The van der Waals surface area contributed by atoms with Crippen LogP contribution in [0.1, 0.15) is 36.8 Å². The highest BCUT2D eigenvalue weighted by Gasteiger charge is 2.40. The van der Waals surface area contributed by atoms with Crippen LogP contribution in [-0.2, 0) is 16.3 Å². The molecule has 7 heteroatoms. The second-order valence-corrected chi connectivity index (χ2v) is 7.72. The zero-order chi connectivity index (χ0) is 19.5. The van der Waals surface area contributed by atoms with Crippen molar-refractivity contribution in [2.45, 2.75) is 37.3 Å². The number of halogens is 3. The van der Waals surface area contributed by atoms with Crippen LogP contribution in [-0.4, -0.2) is 51.3 Å². The van der Waals surface area contributed by atoms with E-state index in [-0.39, 0.29) is 5.41 Å². The lowest BCUT2D eigenvalue weighted by atomic mass is 9.64. The van der Waals surface area contributed by atoms with Gasteiger partial charge in [-0.15, -0.1) is 0 Å². The predicted molar refractivity (Wildman–Crippen MR) is 99.9 cm³/mol. The van der Waals surface area contributed by atoms with Crippen molar-refractivity contribution in [3.63, 3.8) is 0 Å². The van der Waals surface area contributed by atoms with Crippen LogP contribution in [0.3, 0.4) is 0 Å². The van der Waals surface area contributed by atoms with Crippen LogP contribution < -0.4 is 5.32 Å². The Kier molecular flexibility index (Phi) is 5.99. The maximum atomic E-state index is 13.1. The van der Waals surface area contributed by atoms with E-state index in [9.17, 15) is 13.2 Å². The summed E-state index contributed by atoms with van der Waals surface area (Å²) in [5.74, 6) is 1.27. The predicted octanol–water partition coefficient (Wildman–Crippen LogP) is 3.67. The molecule has 27 heavy (non-hydrogen) atoms. The fourth-order valence-corrected chi connectivity index (χ4v) is 4.03. The summed E-state index contributed by atoms with van der Waals surface area (Å²) in [6.07, 6.45) is -0.452. The Bertz CT molecular complexity index is 665. The second-order valence-electron chi connectivity index (χ2n) is 7.72. The van der Waals surface area contributed by atoms with E-state index in [0.717, 1.165) is 63.0 Å². The normalized spacial score (nSPS) is 22.4. The lowest BCUT2D eigenvalue weighted by molar-refractivity contribution is -0.137. The number of hydrogen-bond acceptors (Lipinski definition) is 2. The third-order valence-electron chi connectivity index (χ3n) is 5.83. The van der Waals surface area contributed by atoms with E-state index in [4.69, 9.17) is 4.74 Å². The average molecular weight is 383 g/mol. The zero-order valence-electron chi connectivity index (χ0n) is 16.0. The van der Waals surface area contributed by atoms with Crippen molar-refractivity contribution < 1.29 is 17.9 Å². The summed E-state index contributed by atoms with van der Waals surface area (Å²) in [5, 5.41) is 3.40. The minimum Gasteiger partial charge on any atom is -0.381 e. The van der Waals surface area contributed by atoms with E-state index >= 15 is 0 Å². The second kappa shape index (κ2) is 8.09. The van der Waals surface area contributed by atoms with E-state index in [0.29, 0.717) is 12.5 Å². The molecular weight excluding hydrogens is 355 g/mol.